The summed E-state index contributed by atoms with van der Waals surface area (Å²) in [7, 11) is 0. The SMILES string of the molecule is O=C(O)c1ccc(-c2nn(-c3ccc(C(=O)O)cc3)cc2/C=N/Nc2c(F)c(F)cc(F)c2F)cc1. The third-order valence-electron chi connectivity index (χ3n) is 5.02. The van der Waals surface area contributed by atoms with Crippen molar-refractivity contribution in [3.63, 3.8) is 0 Å². The maximum atomic E-state index is 13.9. The van der Waals surface area contributed by atoms with Crippen LogP contribution >= 0.6 is 0 Å². The Balaban J connectivity index is 1.73. The molecule has 0 radical (unpaired) electrons. The Morgan fingerprint density at radius 3 is 1.92 bits per heavy atom. The topological polar surface area (TPSA) is 117 Å². The molecule has 0 aliphatic heterocycles. The molecule has 1 aromatic heterocycles. The highest BCUT2D eigenvalue weighted by Gasteiger charge is 2.19. The second-order valence-electron chi connectivity index (χ2n) is 7.33. The normalized spacial score (nSPS) is 11.1. The summed E-state index contributed by atoms with van der Waals surface area (Å²) in [6, 6.07) is 11.4. The molecule has 0 saturated heterocycles. The van der Waals surface area contributed by atoms with Crippen molar-refractivity contribution in [1.82, 2.24) is 9.78 Å². The van der Waals surface area contributed by atoms with Gasteiger partial charge in [0, 0.05) is 23.4 Å². The van der Waals surface area contributed by atoms with Gasteiger partial charge in [0.05, 0.1) is 23.0 Å². The molecule has 1 heterocycles. The zero-order valence-electron chi connectivity index (χ0n) is 17.9. The monoisotopic (exact) mass is 498 g/mol. The number of halogens is 4. The Labute approximate surface area is 199 Å². The number of carbonyl (C=O) groups is 2. The van der Waals surface area contributed by atoms with E-state index in [1.807, 2.05) is 5.43 Å². The molecule has 0 fully saturated rings. The molecule has 4 aromatic rings. The van der Waals surface area contributed by atoms with Crippen molar-refractivity contribution in [1.29, 1.82) is 0 Å². The molecule has 0 saturated carbocycles. The maximum Gasteiger partial charge on any atom is 0.335 e. The van der Waals surface area contributed by atoms with E-state index in [-0.39, 0.29) is 28.5 Å². The van der Waals surface area contributed by atoms with Gasteiger partial charge in [-0.2, -0.15) is 10.2 Å². The van der Waals surface area contributed by atoms with Crippen LogP contribution in [-0.2, 0) is 0 Å². The van der Waals surface area contributed by atoms with E-state index >= 15 is 0 Å². The molecule has 0 bridgehead atoms. The third-order valence-corrected chi connectivity index (χ3v) is 5.02. The number of aromatic nitrogens is 2. The number of carboxylic acid groups (broad SMARTS) is 2. The molecule has 0 unspecified atom stereocenters. The molecule has 12 heteroatoms. The van der Waals surface area contributed by atoms with Gasteiger partial charge in [-0.25, -0.2) is 31.8 Å². The summed E-state index contributed by atoms with van der Waals surface area (Å²) in [4.78, 5) is 22.3. The molecule has 182 valence electrons. The van der Waals surface area contributed by atoms with Gasteiger partial charge in [-0.05, 0) is 36.4 Å². The van der Waals surface area contributed by atoms with Crippen molar-refractivity contribution >= 4 is 23.8 Å². The molecule has 0 atom stereocenters. The van der Waals surface area contributed by atoms with Crippen molar-refractivity contribution in [2.75, 3.05) is 5.43 Å². The number of benzene rings is 3. The van der Waals surface area contributed by atoms with E-state index in [4.69, 9.17) is 10.2 Å². The maximum absolute atomic E-state index is 13.9. The van der Waals surface area contributed by atoms with Crippen LogP contribution in [0.2, 0.25) is 0 Å². The van der Waals surface area contributed by atoms with Crippen LogP contribution in [0.4, 0.5) is 23.2 Å². The Kier molecular flexibility index (Phi) is 6.50. The first-order valence-corrected chi connectivity index (χ1v) is 10.0. The van der Waals surface area contributed by atoms with Gasteiger partial charge in [-0.1, -0.05) is 12.1 Å². The first-order chi connectivity index (χ1) is 17.2. The van der Waals surface area contributed by atoms with Crippen LogP contribution in [0.1, 0.15) is 26.3 Å². The van der Waals surface area contributed by atoms with Crippen LogP contribution in [0, 0.1) is 23.3 Å². The van der Waals surface area contributed by atoms with E-state index in [1.165, 1.54) is 59.4 Å². The quantitative estimate of drug-likeness (QED) is 0.144. The third kappa shape index (κ3) is 4.78. The summed E-state index contributed by atoms with van der Waals surface area (Å²) in [5.74, 6) is -8.79. The van der Waals surface area contributed by atoms with Crippen molar-refractivity contribution in [3.8, 4) is 16.9 Å². The number of rotatable bonds is 7. The molecule has 0 spiro atoms. The van der Waals surface area contributed by atoms with Crippen LogP contribution in [0.3, 0.4) is 0 Å². The number of aromatic carboxylic acids is 2. The highest BCUT2D eigenvalue weighted by Crippen LogP contribution is 2.26. The predicted octanol–water partition coefficient (Wildman–Crippen LogP) is 4.94. The average molecular weight is 498 g/mol. The van der Waals surface area contributed by atoms with Crippen LogP contribution in [0.5, 0.6) is 0 Å². The molecule has 3 aromatic carbocycles. The lowest BCUT2D eigenvalue weighted by Gasteiger charge is -2.05. The molecule has 4 rings (SSSR count). The zero-order chi connectivity index (χ0) is 26.0. The first-order valence-electron chi connectivity index (χ1n) is 10.0. The molecule has 0 aliphatic carbocycles. The predicted molar refractivity (Wildman–Crippen MR) is 120 cm³/mol. The number of hydrogen-bond acceptors (Lipinski definition) is 5. The van der Waals surface area contributed by atoms with E-state index in [0.29, 0.717) is 11.3 Å². The van der Waals surface area contributed by atoms with Gasteiger partial charge in [0.1, 0.15) is 11.4 Å². The number of anilines is 1. The second-order valence-corrected chi connectivity index (χ2v) is 7.33. The molecule has 0 aliphatic rings. The lowest BCUT2D eigenvalue weighted by Crippen LogP contribution is -2.02. The minimum atomic E-state index is -1.66. The molecular weight excluding hydrogens is 484 g/mol. The summed E-state index contributed by atoms with van der Waals surface area (Å²) in [5.41, 5.74) is 2.34. The Morgan fingerprint density at radius 2 is 1.39 bits per heavy atom. The summed E-state index contributed by atoms with van der Waals surface area (Å²) in [5, 5.41) is 26.3. The van der Waals surface area contributed by atoms with Gasteiger partial charge >= 0.3 is 11.9 Å². The highest BCUT2D eigenvalue weighted by molar-refractivity contribution is 5.91. The van der Waals surface area contributed by atoms with Crippen LogP contribution in [-0.4, -0.2) is 38.1 Å². The van der Waals surface area contributed by atoms with Gasteiger partial charge in [0.15, 0.2) is 23.3 Å². The van der Waals surface area contributed by atoms with E-state index < -0.39 is 40.9 Å². The fraction of sp³-hybridized carbons (Fsp3) is 0. The van der Waals surface area contributed by atoms with E-state index in [1.54, 1.807) is 0 Å². The number of carboxylic acids is 2. The van der Waals surface area contributed by atoms with E-state index in [2.05, 4.69) is 10.2 Å². The molecule has 3 N–H and O–H groups in total. The van der Waals surface area contributed by atoms with Crippen molar-refractivity contribution in [3.05, 3.63) is 101 Å². The minimum absolute atomic E-state index is 0.0263. The lowest BCUT2D eigenvalue weighted by molar-refractivity contribution is 0.0686. The van der Waals surface area contributed by atoms with Gasteiger partial charge in [-0.15, -0.1) is 0 Å². The Hall–Kier alpha value is -5.00. The molecule has 8 nitrogen and oxygen atoms in total. The fourth-order valence-electron chi connectivity index (χ4n) is 3.20. The number of nitrogens with one attached hydrogen (secondary N) is 1. The smallest absolute Gasteiger partial charge is 0.335 e. The van der Waals surface area contributed by atoms with Crippen molar-refractivity contribution in [2.24, 2.45) is 5.10 Å². The molecule has 0 amide bonds. The standard InChI is InChI=1S/C24H14F4N4O4/c25-17-9-18(26)20(28)22(19(17)27)30-29-10-15-11-32(16-7-5-14(6-8-16)24(35)36)31-21(15)12-1-3-13(4-2-12)23(33)34/h1-11,30H,(H,33,34)(H,35,36)/b29-10+. The van der Waals surface area contributed by atoms with E-state index in [9.17, 15) is 27.2 Å². The van der Waals surface area contributed by atoms with Gasteiger partial charge in [0.2, 0.25) is 0 Å². The summed E-state index contributed by atoms with van der Waals surface area (Å²) in [6.07, 6.45) is 2.55. The van der Waals surface area contributed by atoms with Crippen LogP contribution < -0.4 is 5.43 Å². The Morgan fingerprint density at radius 1 is 0.861 bits per heavy atom. The lowest BCUT2D eigenvalue weighted by atomic mass is 10.1. The minimum Gasteiger partial charge on any atom is -0.478 e. The van der Waals surface area contributed by atoms with Crippen molar-refractivity contribution in [2.45, 2.75) is 0 Å². The number of nitrogens with zero attached hydrogens (tertiary/aromatic N) is 3. The second kappa shape index (κ2) is 9.70. The highest BCUT2D eigenvalue weighted by atomic mass is 19.2. The summed E-state index contributed by atoms with van der Waals surface area (Å²) in [6.45, 7) is 0. The average Bonchev–Trinajstić information content (AvgIpc) is 3.29. The zero-order valence-corrected chi connectivity index (χ0v) is 17.9. The van der Waals surface area contributed by atoms with Gasteiger partial charge in [0.25, 0.3) is 0 Å². The summed E-state index contributed by atoms with van der Waals surface area (Å²) < 4.78 is 56.1. The molecule has 36 heavy (non-hydrogen) atoms. The van der Waals surface area contributed by atoms with Crippen molar-refractivity contribution < 1.29 is 37.4 Å². The largest absolute Gasteiger partial charge is 0.478 e. The Bertz CT molecular complexity index is 1470. The van der Waals surface area contributed by atoms with E-state index in [0.717, 1.165) is 6.21 Å². The fourth-order valence-corrected chi connectivity index (χ4v) is 3.20. The summed E-state index contributed by atoms with van der Waals surface area (Å²) >= 11 is 0. The number of hydrogen-bond donors (Lipinski definition) is 3. The number of hydrazone groups is 1. The first kappa shape index (κ1) is 24.1. The van der Waals surface area contributed by atoms with Crippen LogP contribution in [0.25, 0.3) is 16.9 Å². The molecular formula is C24H14F4N4O4. The van der Waals surface area contributed by atoms with Gasteiger partial charge in [-0.3, -0.25) is 5.43 Å². The van der Waals surface area contributed by atoms with Gasteiger partial charge < -0.3 is 10.2 Å². The van der Waals surface area contributed by atoms with Crippen LogP contribution in [0.15, 0.2) is 65.9 Å².